The van der Waals surface area contributed by atoms with Crippen molar-refractivity contribution < 1.29 is 0 Å². The van der Waals surface area contributed by atoms with E-state index in [9.17, 15) is 0 Å². The Kier molecular flexibility index (Phi) is 2.56. The van der Waals surface area contributed by atoms with E-state index < -0.39 is 0 Å². The summed E-state index contributed by atoms with van der Waals surface area (Å²) < 4.78 is 0. The second kappa shape index (κ2) is 3.05. The molecule has 0 aromatic heterocycles. The van der Waals surface area contributed by atoms with Crippen LogP contribution in [0.25, 0.3) is 0 Å². The van der Waals surface area contributed by atoms with Gasteiger partial charge in [-0.05, 0) is 35.5 Å². The third kappa shape index (κ3) is 1.20. The molecule has 2 fully saturated rings. The number of fused-ring (bicyclic) bond motifs is 1. The molecule has 0 amide bonds. The standard InChI is InChI=1S/C10H18.C2H6/c1-6-7(2)10(3,4)9-5-8(6)9;1-2/h6-9H,5H2,1-4H3;1-2H3. The molecule has 0 spiro atoms. The monoisotopic (exact) mass is 168 g/mol. The fourth-order valence-corrected chi connectivity index (χ4v) is 3.04. The molecule has 12 heavy (non-hydrogen) atoms. The van der Waals surface area contributed by atoms with Crippen molar-refractivity contribution in [3.63, 3.8) is 0 Å². The summed E-state index contributed by atoms with van der Waals surface area (Å²) in [7, 11) is 0. The summed E-state index contributed by atoms with van der Waals surface area (Å²) in [5.74, 6) is 4.14. The van der Waals surface area contributed by atoms with E-state index in [1.54, 1.807) is 0 Å². The van der Waals surface area contributed by atoms with Gasteiger partial charge in [-0.1, -0.05) is 41.5 Å². The molecule has 0 heteroatoms. The van der Waals surface area contributed by atoms with E-state index in [1.807, 2.05) is 13.8 Å². The van der Waals surface area contributed by atoms with Crippen LogP contribution < -0.4 is 0 Å². The molecule has 2 rings (SSSR count). The van der Waals surface area contributed by atoms with Crippen LogP contribution in [-0.2, 0) is 0 Å². The van der Waals surface area contributed by atoms with Crippen LogP contribution in [0.3, 0.4) is 0 Å². The minimum atomic E-state index is 0.657. The van der Waals surface area contributed by atoms with Gasteiger partial charge in [0.2, 0.25) is 0 Å². The van der Waals surface area contributed by atoms with Crippen molar-refractivity contribution in [2.75, 3.05) is 0 Å². The Balaban J connectivity index is 0.000000336. The predicted octanol–water partition coefficient (Wildman–Crippen LogP) is 3.96. The van der Waals surface area contributed by atoms with Crippen LogP contribution in [-0.4, -0.2) is 0 Å². The summed E-state index contributed by atoms with van der Waals surface area (Å²) in [6, 6.07) is 0. The van der Waals surface area contributed by atoms with Crippen LogP contribution in [0.1, 0.15) is 48.0 Å². The average molecular weight is 168 g/mol. The van der Waals surface area contributed by atoms with Crippen molar-refractivity contribution in [3.8, 4) is 0 Å². The van der Waals surface area contributed by atoms with E-state index in [0.29, 0.717) is 5.41 Å². The second-order valence-electron chi connectivity index (χ2n) is 4.98. The Morgan fingerprint density at radius 3 is 1.75 bits per heavy atom. The Morgan fingerprint density at radius 1 is 1.08 bits per heavy atom. The Labute approximate surface area is 77.7 Å². The smallest absolute Gasteiger partial charge is 0.0295 e. The summed E-state index contributed by atoms with van der Waals surface area (Å²) in [6.07, 6.45) is 1.53. The topological polar surface area (TPSA) is 0 Å². The lowest BCUT2D eigenvalue weighted by Gasteiger charge is -2.29. The summed E-state index contributed by atoms with van der Waals surface area (Å²) in [5.41, 5.74) is 0.657. The molecule has 0 N–H and O–H groups in total. The third-order valence-electron chi connectivity index (χ3n) is 4.43. The molecule has 4 unspecified atom stereocenters. The minimum Gasteiger partial charge on any atom is -0.0683 e. The Hall–Kier alpha value is 0. The van der Waals surface area contributed by atoms with Crippen molar-refractivity contribution >= 4 is 0 Å². The predicted molar refractivity (Wildman–Crippen MR) is 55.1 cm³/mol. The van der Waals surface area contributed by atoms with Crippen LogP contribution in [0, 0.1) is 29.1 Å². The quantitative estimate of drug-likeness (QED) is 0.513. The molecule has 0 nitrogen and oxygen atoms in total. The second-order valence-corrected chi connectivity index (χ2v) is 4.98. The van der Waals surface area contributed by atoms with Crippen LogP contribution in [0.15, 0.2) is 0 Å². The van der Waals surface area contributed by atoms with Crippen molar-refractivity contribution in [3.05, 3.63) is 0 Å². The third-order valence-corrected chi connectivity index (χ3v) is 4.43. The molecule has 0 heterocycles. The maximum Gasteiger partial charge on any atom is -0.0295 e. The highest BCUT2D eigenvalue weighted by Crippen LogP contribution is 2.66. The van der Waals surface area contributed by atoms with Gasteiger partial charge in [-0.2, -0.15) is 0 Å². The first kappa shape index (κ1) is 10.1. The van der Waals surface area contributed by atoms with Crippen molar-refractivity contribution in [2.24, 2.45) is 29.1 Å². The van der Waals surface area contributed by atoms with Crippen LogP contribution in [0.4, 0.5) is 0 Å². The molecule has 0 aromatic carbocycles. The number of rotatable bonds is 0. The summed E-state index contributed by atoms with van der Waals surface area (Å²) in [6.45, 7) is 13.8. The number of hydrogen-bond donors (Lipinski definition) is 0. The van der Waals surface area contributed by atoms with Crippen LogP contribution >= 0.6 is 0 Å². The maximum atomic E-state index is 2.45. The molecule has 2 saturated carbocycles. The highest BCUT2D eigenvalue weighted by molar-refractivity contribution is 5.08. The Morgan fingerprint density at radius 2 is 1.58 bits per heavy atom. The van der Waals surface area contributed by atoms with Crippen molar-refractivity contribution in [1.82, 2.24) is 0 Å². The van der Waals surface area contributed by atoms with E-state index in [-0.39, 0.29) is 0 Å². The van der Waals surface area contributed by atoms with Gasteiger partial charge >= 0.3 is 0 Å². The van der Waals surface area contributed by atoms with E-state index in [0.717, 1.165) is 23.7 Å². The van der Waals surface area contributed by atoms with Gasteiger partial charge in [0.15, 0.2) is 0 Å². The Bertz CT molecular complexity index is 155. The first-order valence-corrected chi connectivity index (χ1v) is 5.55. The first-order valence-electron chi connectivity index (χ1n) is 5.55. The van der Waals surface area contributed by atoms with E-state index in [4.69, 9.17) is 0 Å². The lowest BCUT2D eigenvalue weighted by molar-refractivity contribution is 0.196. The summed E-state index contributed by atoms with van der Waals surface area (Å²) in [5, 5.41) is 0. The van der Waals surface area contributed by atoms with Crippen molar-refractivity contribution in [1.29, 1.82) is 0 Å². The largest absolute Gasteiger partial charge is 0.0683 e. The zero-order chi connectivity index (χ0) is 9.52. The van der Waals surface area contributed by atoms with Gasteiger partial charge in [-0.25, -0.2) is 0 Å². The fourth-order valence-electron chi connectivity index (χ4n) is 3.04. The molecule has 0 aromatic rings. The molecule has 2 aliphatic carbocycles. The average Bonchev–Trinajstić information content (AvgIpc) is 2.81. The maximum absolute atomic E-state index is 2.45. The minimum absolute atomic E-state index is 0.657. The van der Waals surface area contributed by atoms with E-state index >= 15 is 0 Å². The summed E-state index contributed by atoms with van der Waals surface area (Å²) in [4.78, 5) is 0. The van der Waals surface area contributed by atoms with Gasteiger partial charge in [0.05, 0.1) is 0 Å². The van der Waals surface area contributed by atoms with E-state index in [2.05, 4.69) is 27.7 Å². The van der Waals surface area contributed by atoms with Gasteiger partial charge < -0.3 is 0 Å². The molecular weight excluding hydrogens is 144 g/mol. The highest BCUT2D eigenvalue weighted by atomic mass is 14.6. The molecule has 0 radical (unpaired) electrons. The molecule has 0 bridgehead atoms. The first-order chi connectivity index (χ1) is 5.55. The van der Waals surface area contributed by atoms with Gasteiger partial charge in [0, 0.05) is 0 Å². The molecule has 2 aliphatic rings. The number of hydrogen-bond acceptors (Lipinski definition) is 0. The molecular formula is C12H24. The SMILES string of the molecule is CC.CC1C2CC2C(C)(C)C1C. The van der Waals surface area contributed by atoms with Gasteiger partial charge in [-0.15, -0.1) is 0 Å². The van der Waals surface area contributed by atoms with Crippen LogP contribution in [0.5, 0.6) is 0 Å². The molecule has 0 saturated heterocycles. The lowest BCUT2D eigenvalue weighted by Crippen LogP contribution is -2.22. The molecule has 0 aliphatic heterocycles. The normalized spacial score (nSPS) is 47.5. The molecule has 4 atom stereocenters. The van der Waals surface area contributed by atoms with Crippen LogP contribution in [0.2, 0.25) is 0 Å². The fraction of sp³-hybridized carbons (Fsp3) is 1.00. The van der Waals surface area contributed by atoms with Crippen molar-refractivity contribution in [2.45, 2.75) is 48.0 Å². The lowest BCUT2D eigenvalue weighted by atomic mass is 9.76. The van der Waals surface area contributed by atoms with Gasteiger partial charge in [-0.3, -0.25) is 0 Å². The van der Waals surface area contributed by atoms with Gasteiger partial charge in [0.25, 0.3) is 0 Å². The summed E-state index contributed by atoms with van der Waals surface area (Å²) >= 11 is 0. The molecule has 72 valence electrons. The zero-order valence-electron chi connectivity index (χ0n) is 9.52. The highest BCUT2D eigenvalue weighted by Gasteiger charge is 2.60. The zero-order valence-corrected chi connectivity index (χ0v) is 9.52. The van der Waals surface area contributed by atoms with E-state index in [1.165, 1.54) is 6.42 Å². The van der Waals surface area contributed by atoms with Gasteiger partial charge in [0.1, 0.15) is 0 Å².